The normalized spacial score (nSPS) is 11.1. The van der Waals surface area contributed by atoms with Gasteiger partial charge in [0.1, 0.15) is 5.82 Å². The molecule has 0 heterocycles. The Bertz CT molecular complexity index is 1130. The number of benzene rings is 3. The van der Waals surface area contributed by atoms with Gasteiger partial charge in [0, 0.05) is 24.7 Å². The van der Waals surface area contributed by atoms with Gasteiger partial charge in [0.2, 0.25) is 0 Å². The summed E-state index contributed by atoms with van der Waals surface area (Å²) in [6.07, 6.45) is 0. The molecule has 0 spiro atoms. The highest BCUT2D eigenvalue weighted by atomic mass is 32.2. The van der Waals surface area contributed by atoms with Crippen LogP contribution in [0.1, 0.15) is 21.5 Å². The summed E-state index contributed by atoms with van der Waals surface area (Å²) in [6.45, 7) is 1.81. The molecule has 7 heteroatoms. The molecule has 0 aliphatic heterocycles. The van der Waals surface area contributed by atoms with Gasteiger partial charge < -0.3 is 5.32 Å². The first-order valence-corrected chi connectivity index (χ1v) is 10.4. The van der Waals surface area contributed by atoms with Gasteiger partial charge >= 0.3 is 0 Å². The Balaban J connectivity index is 1.84. The number of aryl methyl sites for hydroxylation is 1. The van der Waals surface area contributed by atoms with Gasteiger partial charge in [0.15, 0.2) is 0 Å². The van der Waals surface area contributed by atoms with Crippen LogP contribution in [-0.4, -0.2) is 21.4 Å². The van der Waals surface area contributed by atoms with E-state index < -0.39 is 21.7 Å². The van der Waals surface area contributed by atoms with Crippen LogP contribution in [0.3, 0.4) is 0 Å². The zero-order chi connectivity index (χ0) is 21.0. The van der Waals surface area contributed by atoms with E-state index in [-0.39, 0.29) is 17.0 Å². The molecule has 0 aromatic heterocycles. The molecule has 1 amide bonds. The van der Waals surface area contributed by atoms with Crippen LogP contribution in [0, 0.1) is 12.7 Å². The van der Waals surface area contributed by atoms with Crippen molar-refractivity contribution in [2.24, 2.45) is 0 Å². The Labute approximate surface area is 169 Å². The number of sulfonamides is 1. The summed E-state index contributed by atoms with van der Waals surface area (Å²) >= 11 is 0. The van der Waals surface area contributed by atoms with E-state index in [2.05, 4.69) is 5.32 Å². The largest absolute Gasteiger partial charge is 0.348 e. The molecular formula is C22H21FN2O3S. The van der Waals surface area contributed by atoms with Gasteiger partial charge in [-0.3, -0.25) is 9.10 Å². The fourth-order valence-corrected chi connectivity index (χ4v) is 4.16. The van der Waals surface area contributed by atoms with Gasteiger partial charge in [-0.2, -0.15) is 0 Å². The van der Waals surface area contributed by atoms with Crippen molar-refractivity contribution in [2.45, 2.75) is 18.4 Å². The third-order valence-corrected chi connectivity index (χ3v) is 6.40. The maximum absolute atomic E-state index is 13.7. The SMILES string of the molecule is Cc1ccc(C(=O)NCc2ccccc2F)cc1N(C)S(=O)(=O)c1ccccc1. The van der Waals surface area contributed by atoms with Crippen molar-refractivity contribution in [3.8, 4) is 0 Å². The second-order valence-corrected chi connectivity index (χ2v) is 8.53. The van der Waals surface area contributed by atoms with Crippen LogP contribution < -0.4 is 9.62 Å². The van der Waals surface area contributed by atoms with Crippen molar-refractivity contribution in [1.82, 2.24) is 5.32 Å². The number of halogens is 1. The molecule has 29 heavy (non-hydrogen) atoms. The molecule has 3 aromatic carbocycles. The standard InChI is InChI=1S/C22H21FN2O3S/c1-16-12-13-17(22(26)24-15-18-8-6-7-11-20(18)23)14-21(16)25(2)29(27,28)19-9-4-3-5-10-19/h3-14H,15H2,1-2H3,(H,24,26). The monoisotopic (exact) mass is 412 g/mol. The van der Waals surface area contributed by atoms with Crippen molar-refractivity contribution in [1.29, 1.82) is 0 Å². The molecule has 0 radical (unpaired) electrons. The lowest BCUT2D eigenvalue weighted by Gasteiger charge is -2.22. The molecule has 150 valence electrons. The van der Waals surface area contributed by atoms with E-state index in [1.54, 1.807) is 55.5 Å². The number of anilines is 1. The quantitative estimate of drug-likeness (QED) is 0.668. The molecule has 0 atom stereocenters. The molecule has 5 nitrogen and oxygen atoms in total. The van der Waals surface area contributed by atoms with E-state index in [4.69, 9.17) is 0 Å². The molecule has 0 fully saturated rings. The first-order chi connectivity index (χ1) is 13.8. The summed E-state index contributed by atoms with van der Waals surface area (Å²) in [7, 11) is -2.32. The smallest absolute Gasteiger partial charge is 0.264 e. The molecule has 3 rings (SSSR count). The number of nitrogens with one attached hydrogen (secondary N) is 1. The Hall–Kier alpha value is -3.19. The number of amides is 1. The first-order valence-electron chi connectivity index (χ1n) is 8.97. The van der Waals surface area contributed by atoms with E-state index in [1.165, 1.54) is 31.3 Å². The van der Waals surface area contributed by atoms with Gasteiger partial charge in [-0.1, -0.05) is 42.5 Å². The van der Waals surface area contributed by atoms with Crippen LogP contribution in [-0.2, 0) is 16.6 Å². The predicted molar refractivity (Wildman–Crippen MR) is 111 cm³/mol. The zero-order valence-corrected chi connectivity index (χ0v) is 16.9. The summed E-state index contributed by atoms with van der Waals surface area (Å²) in [5, 5.41) is 2.67. The minimum absolute atomic E-state index is 0.0346. The van der Waals surface area contributed by atoms with Crippen molar-refractivity contribution in [3.05, 3.63) is 95.3 Å². The summed E-state index contributed by atoms with van der Waals surface area (Å²) in [6, 6.07) is 19.1. The van der Waals surface area contributed by atoms with Gasteiger partial charge in [-0.15, -0.1) is 0 Å². The van der Waals surface area contributed by atoms with Crippen LogP contribution in [0.5, 0.6) is 0 Å². The molecule has 0 bridgehead atoms. The van der Waals surface area contributed by atoms with Gasteiger partial charge in [-0.25, -0.2) is 12.8 Å². The minimum atomic E-state index is -3.77. The lowest BCUT2D eigenvalue weighted by Crippen LogP contribution is -2.28. The highest BCUT2D eigenvalue weighted by Gasteiger charge is 2.23. The van der Waals surface area contributed by atoms with Gasteiger partial charge in [-0.05, 0) is 42.8 Å². The van der Waals surface area contributed by atoms with E-state index >= 15 is 0 Å². The minimum Gasteiger partial charge on any atom is -0.348 e. The molecular weight excluding hydrogens is 391 g/mol. The van der Waals surface area contributed by atoms with Crippen LogP contribution in [0.4, 0.5) is 10.1 Å². The average Bonchev–Trinajstić information content (AvgIpc) is 2.73. The van der Waals surface area contributed by atoms with E-state index in [9.17, 15) is 17.6 Å². The Morgan fingerprint density at radius 1 is 1.00 bits per heavy atom. The molecule has 0 aliphatic carbocycles. The van der Waals surface area contributed by atoms with Crippen molar-refractivity contribution in [3.63, 3.8) is 0 Å². The Morgan fingerprint density at radius 3 is 2.34 bits per heavy atom. The number of nitrogens with zero attached hydrogens (tertiary/aromatic N) is 1. The summed E-state index contributed by atoms with van der Waals surface area (Å²) in [5.74, 6) is -0.814. The first kappa shape index (κ1) is 20.5. The highest BCUT2D eigenvalue weighted by Crippen LogP contribution is 2.26. The molecule has 3 aromatic rings. The highest BCUT2D eigenvalue weighted by molar-refractivity contribution is 7.92. The third-order valence-electron chi connectivity index (χ3n) is 4.61. The van der Waals surface area contributed by atoms with E-state index in [0.717, 1.165) is 4.31 Å². The van der Waals surface area contributed by atoms with Crippen LogP contribution >= 0.6 is 0 Å². The van der Waals surface area contributed by atoms with Gasteiger partial charge in [0.05, 0.1) is 10.6 Å². The fourth-order valence-electron chi connectivity index (χ4n) is 2.89. The lowest BCUT2D eigenvalue weighted by molar-refractivity contribution is 0.0950. The molecule has 0 unspecified atom stereocenters. The fraction of sp³-hybridized carbons (Fsp3) is 0.136. The van der Waals surface area contributed by atoms with Crippen molar-refractivity contribution in [2.75, 3.05) is 11.4 Å². The lowest BCUT2D eigenvalue weighted by atomic mass is 10.1. The zero-order valence-electron chi connectivity index (χ0n) is 16.1. The van der Waals surface area contributed by atoms with Crippen molar-refractivity contribution >= 4 is 21.6 Å². The number of hydrogen-bond acceptors (Lipinski definition) is 3. The number of hydrogen-bond donors (Lipinski definition) is 1. The molecule has 1 N–H and O–H groups in total. The Morgan fingerprint density at radius 2 is 1.66 bits per heavy atom. The Kier molecular flexibility index (Phi) is 5.98. The number of carbonyl (C=O) groups is 1. The van der Waals surface area contributed by atoms with Crippen molar-refractivity contribution < 1.29 is 17.6 Å². The van der Waals surface area contributed by atoms with E-state index in [1.807, 2.05) is 0 Å². The van der Waals surface area contributed by atoms with Crippen LogP contribution in [0.25, 0.3) is 0 Å². The molecule has 0 saturated heterocycles. The molecule has 0 saturated carbocycles. The maximum Gasteiger partial charge on any atom is 0.264 e. The summed E-state index contributed by atoms with van der Waals surface area (Å²) < 4.78 is 40.7. The van der Waals surface area contributed by atoms with Crippen LogP contribution in [0.2, 0.25) is 0 Å². The third kappa shape index (κ3) is 4.46. The van der Waals surface area contributed by atoms with E-state index in [0.29, 0.717) is 16.8 Å². The second-order valence-electron chi connectivity index (χ2n) is 6.56. The summed E-state index contributed by atoms with van der Waals surface area (Å²) in [4.78, 5) is 12.7. The predicted octanol–water partition coefficient (Wildman–Crippen LogP) is 3.89. The average molecular weight is 412 g/mol. The van der Waals surface area contributed by atoms with Crippen LogP contribution in [0.15, 0.2) is 77.7 Å². The number of rotatable bonds is 6. The molecule has 0 aliphatic rings. The number of carbonyl (C=O) groups excluding carboxylic acids is 1. The second kappa shape index (κ2) is 8.45. The van der Waals surface area contributed by atoms with Gasteiger partial charge in [0.25, 0.3) is 15.9 Å². The summed E-state index contributed by atoms with van der Waals surface area (Å²) in [5.41, 5.74) is 1.76. The topological polar surface area (TPSA) is 66.5 Å². The maximum atomic E-state index is 13.7.